The van der Waals surface area contributed by atoms with E-state index in [1.165, 1.54) is 21.3 Å². The summed E-state index contributed by atoms with van der Waals surface area (Å²) in [6.07, 6.45) is 2.32. The van der Waals surface area contributed by atoms with Crippen molar-refractivity contribution in [2.45, 2.75) is 31.0 Å². The molecule has 2 atom stereocenters. The van der Waals surface area contributed by atoms with Gasteiger partial charge in [-0.2, -0.15) is 0 Å². The van der Waals surface area contributed by atoms with E-state index in [1.807, 2.05) is 6.92 Å². The lowest BCUT2D eigenvalue weighted by atomic mass is 10.2. The van der Waals surface area contributed by atoms with Gasteiger partial charge in [-0.25, -0.2) is 23.4 Å². The number of rotatable bonds is 14. The van der Waals surface area contributed by atoms with Gasteiger partial charge >= 0.3 is 0 Å². The molecule has 0 saturated carbocycles. The monoisotopic (exact) mass is 598 g/mol. The number of hydrogen-bond acceptors (Lipinski definition) is 12. The van der Waals surface area contributed by atoms with E-state index >= 15 is 0 Å². The Hall–Kier alpha value is -4.14. The summed E-state index contributed by atoms with van der Waals surface area (Å²) in [6, 6.07) is 10.4. The fraction of sp³-hybridized carbons (Fsp3) is 0.393. The second kappa shape index (κ2) is 13.7. The van der Waals surface area contributed by atoms with E-state index < -0.39 is 26.9 Å². The zero-order chi connectivity index (χ0) is 30.3. The lowest BCUT2D eigenvalue weighted by Gasteiger charge is -2.22. The minimum atomic E-state index is -3.91. The minimum absolute atomic E-state index is 0.117. The van der Waals surface area contributed by atoms with Crippen molar-refractivity contribution in [3.63, 3.8) is 0 Å². The third-order valence-electron chi connectivity index (χ3n) is 6.48. The molecule has 0 N–H and O–H groups in total. The molecular formula is C28H34N6O7S. The molecule has 0 aliphatic rings. The smallest absolute Gasteiger partial charge is 0.213 e. The van der Waals surface area contributed by atoms with E-state index in [0.29, 0.717) is 42.0 Å². The second-order valence-corrected chi connectivity index (χ2v) is 11.6. The Morgan fingerprint density at radius 3 is 2.19 bits per heavy atom. The first-order valence-corrected chi connectivity index (χ1v) is 14.7. The lowest BCUT2D eigenvalue weighted by Crippen LogP contribution is -2.30. The number of benzene rings is 1. The number of aromatic nitrogens is 6. The average Bonchev–Trinajstić information content (AvgIpc) is 3.40. The average molecular weight is 599 g/mol. The van der Waals surface area contributed by atoms with E-state index in [9.17, 15) is 8.42 Å². The molecule has 0 aliphatic heterocycles. The maximum absolute atomic E-state index is 13.9. The van der Waals surface area contributed by atoms with Crippen molar-refractivity contribution in [2.24, 2.45) is 0 Å². The number of sulfone groups is 1. The fourth-order valence-corrected chi connectivity index (χ4v) is 5.69. The molecule has 0 fully saturated rings. The first-order chi connectivity index (χ1) is 20.2. The molecule has 0 aliphatic carbocycles. The molecule has 1 aromatic carbocycles. The van der Waals surface area contributed by atoms with Crippen molar-refractivity contribution in [1.29, 1.82) is 0 Å². The molecule has 0 radical (unpaired) electrons. The predicted octanol–water partition coefficient (Wildman–Crippen LogP) is 3.16. The van der Waals surface area contributed by atoms with Gasteiger partial charge in [0.1, 0.15) is 41.3 Å². The van der Waals surface area contributed by atoms with Crippen LogP contribution in [0.3, 0.4) is 0 Å². The van der Waals surface area contributed by atoms with E-state index in [1.54, 1.807) is 67.4 Å². The number of nitrogens with zero attached hydrogens (tertiary/aromatic N) is 6. The topological polar surface area (TPSA) is 150 Å². The summed E-state index contributed by atoms with van der Waals surface area (Å²) in [5.74, 6) is 1.33. The predicted molar refractivity (Wildman–Crippen MR) is 154 cm³/mol. The molecular weight excluding hydrogens is 564 g/mol. The number of aryl methyl sites for hydroxylation is 1. The highest BCUT2D eigenvalue weighted by Crippen LogP contribution is 2.37. The van der Waals surface area contributed by atoms with Crippen molar-refractivity contribution >= 4 is 9.84 Å². The summed E-state index contributed by atoms with van der Waals surface area (Å²) >= 11 is 0. The highest BCUT2D eigenvalue weighted by atomic mass is 32.2. The van der Waals surface area contributed by atoms with Gasteiger partial charge in [-0.15, -0.1) is 10.2 Å². The van der Waals surface area contributed by atoms with Gasteiger partial charge in [0.25, 0.3) is 0 Å². The minimum Gasteiger partial charge on any atom is -0.494 e. The standard InChI is InChI=1S/C28H34N6O7S/c1-18-15-29-27(30-16-18)26(40-6)19(2)42(35,36)17-23-32-33-28(20-9-7-12-24(31-20)41-14-13-37-3)34(23)25-21(38-4)10-8-11-22(25)39-5/h7-12,15-16,19,26H,13-14,17H2,1-6H3/t19-,26-/m0/s1. The zero-order valence-electron chi connectivity index (χ0n) is 24.3. The Morgan fingerprint density at radius 2 is 1.57 bits per heavy atom. The number of methoxy groups -OCH3 is 4. The van der Waals surface area contributed by atoms with Crippen LogP contribution in [0.25, 0.3) is 17.2 Å². The Bertz CT molecular complexity index is 1570. The van der Waals surface area contributed by atoms with Crippen LogP contribution in [0.4, 0.5) is 0 Å². The number of para-hydroxylation sites is 1. The number of ether oxygens (including phenoxy) is 5. The summed E-state index contributed by atoms with van der Waals surface area (Å²) in [7, 11) is 2.11. The SMILES string of the molecule is COCCOc1cccc(-c2nnc(CS(=O)(=O)[C@@H](C)[C@H](OC)c3ncc(C)cn3)n2-c2c(OC)cccc2OC)n1. The second-order valence-electron chi connectivity index (χ2n) is 9.28. The maximum Gasteiger partial charge on any atom is 0.213 e. The van der Waals surface area contributed by atoms with Gasteiger partial charge in [-0.3, -0.25) is 4.57 Å². The molecule has 42 heavy (non-hydrogen) atoms. The maximum atomic E-state index is 13.9. The van der Waals surface area contributed by atoms with Crippen LogP contribution in [0.2, 0.25) is 0 Å². The number of pyridine rings is 1. The summed E-state index contributed by atoms with van der Waals surface area (Å²) in [4.78, 5) is 13.1. The van der Waals surface area contributed by atoms with E-state index in [-0.39, 0.29) is 17.5 Å². The zero-order valence-corrected chi connectivity index (χ0v) is 25.2. The van der Waals surface area contributed by atoms with Crippen LogP contribution in [0, 0.1) is 6.92 Å². The van der Waals surface area contributed by atoms with Crippen LogP contribution in [-0.2, 0) is 25.1 Å². The fourth-order valence-electron chi connectivity index (χ4n) is 4.27. The molecule has 0 saturated heterocycles. The van der Waals surface area contributed by atoms with Crippen molar-refractivity contribution in [3.8, 4) is 34.6 Å². The highest BCUT2D eigenvalue weighted by Gasteiger charge is 2.35. The summed E-state index contributed by atoms with van der Waals surface area (Å²) in [6.45, 7) is 4.09. The van der Waals surface area contributed by atoms with Gasteiger partial charge in [0.05, 0.1) is 26.1 Å². The Labute approximate surface area is 244 Å². The Morgan fingerprint density at radius 1 is 0.905 bits per heavy atom. The van der Waals surface area contributed by atoms with Crippen molar-refractivity contribution < 1.29 is 32.1 Å². The molecule has 0 spiro atoms. The quantitative estimate of drug-likeness (QED) is 0.196. The molecule has 0 bridgehead atoms. The van der Waals surface area contributed by atoms with Crippen LogP contribution in [0.5, 0.6) is 17.4 Å². The first kappa shape index (κ1) is 30.8. The molecule has 4 rings (SSSR count). The molecule has 3 aromatic heterocycles. The van der Waals surface area contributed by atoms with Crippen molar-refractivity contribution in [2.75, 3.05) is 41.7 Å². The number of hydrogen-bond donors (Lipinski definition) is 0. The Balaban J connectivity index is 1.82. The van der Waals surface area contributed by atoms with Gasteiger partial charge in [0, 0.05) is 32.7 Å². The van der Waals surface area contributed by atoms with Gasteiger partial charge in [-0.1, -0.05) is 12.1 Å². The van der Waals surface area contributed by atoms with Crippen LogP contribution >= 0.6 is 0 Å². The lowest BCUT2D eigenvalue weighted by molar-refractivity contribution is 0.0947. The summed E-state index contributed by atoms with van der Waals surface area (Å²) < 4.78 is 56.9. The van der Waals surface area contributed by atoms with E-state index in [4.69, 9.17) is 23.7 Å². The third kappa shape index (κ3) is 6.66. The summed E-state index contributed by atoms with van der Waals surface area (Å²) in [5.41, 5.74) is 1.65. The van der Waals surface area contributed by atoms with Crippen LogP contribution in [0.15, 0.2) is 48.8 Å². The van der Waals surface area contributed by atoms with Gasteiger partial charge in [0.15, 0.2) is 27.3 Å². The third-order valence-corrected chi connectivity index (χ3v) is 8.52. The van der Waals surface area contributed by atoms with E-state index in [0.717, 1.165) is 5.56 Å². The molecule has 0 unspecified atom stereocenters. The molecule has 4 aromatic rings. The largest absolute Gasteiger partial charge is 0.494 e. The normalized spacial score (nSPS) is 13.0. The van der Waals surface area contributed by atoms with Gasteiger partial charge in [-0.05, 0) is 37.6 Å². The van der Waals surface area contributed by atoms with Gasteiger partial charge in [0.2, 0.25) is 5.88 Å². The van der Waals surface area contributed by atoms with Crippen LogP contribution in [0.1, 0.15) is 30.2 Å². The molecule has 14 heteroatoms. The first-order valence-electron chi connectivity index (χ1n) is 13.0. The van der Waals surface area contributed by atoms with Crippen LogP contribution < -0.4 is 14.2 Å². The van der Waals surface area contributed by atoms with Gasteiger partial charge < -0.3 is 23.7 Å². The molecule has 3 heterocycles. The molecule has 224 valence electrons. The Kier molecular flexibility index (Phi) is 10.0. The van der Waals surface area contributed by atoms with Crippen LogP contribution in [-0.4, -0.2) is 85.0 Å². The molecule has 13 nitrogen and oxygen atoms in total. The van der Waals surface area contributed by atoms with E-state index in [2.05, 4.69) is 25.1 Å². The van der Waals surface area contributed by atoms with Crippen molar-refractivity contribution in [3.05, 3.63) is 66.0 Å². The molecule has 0 amide bonds. The summed E-state index contributed by atoms with van der Waals surface area (Å²) in [5, 5.41) is 7.66. The van der Waals surface area contributed by atoms with Crippen molar-refractivity contribution in [1.82, 2.24) is 29.7 Å². The highest BCUT2D eigenvalue weighted by molar-refractivity contribution is 7.91.